The second kappa shape index (κ2) is 6.19. The van der Waals surface area contributed by atoms with Gasteiger partial charge in [-0.1, -0.05) is 20.3 Å². The van der Waals surface area contributed by atoms with Crippen LogP contribution in [0, 0.1) is 5.92 Å². The van der Waals surface area contributed by atoms with Crippen LogP contribution >= 0.6 is 0 Å². The third kappa shape index (κ3) is 4.59. The first-order valence-corrected chi connectivity index (χ1v) is 7.27. The first-order valence-electron chi connectivity index (χ1n) is 7.27. The fourth-order valence-electron chi connectivity index (χ4n) is 2.90. The summed E-state index contributed by atoms with van der Waals surface area (Å²) in [6, 6.07) is 0. The largest absolute Gasteiger partial charge is 0.350 e. The van der Waals surface area contributed by atoms with Gasteiger partial charge in [-0.2, -0.15) is 0 Å². The first kappa shape index (κ1) is 15.0. The summed E-state index contributed by atoms with van der Waals surface area (Å²) in [5, 5.41) is 0. The lowest BCUT2D eigenvalue weighted by Crippen LogP contribution is -2.46. The number of hydrogen-bond acceptors (Lipinski definition) is 2. The Hall–Kier alpha value is -0.0800. The fourth-order valence-corrected chi connectivity index (χ4v) is 2.90. The zero-order valence-corrected chi connectivity index (χ0v) is 12.3. The molecule has 0 aromatic heterocycles. The van der Waals surface area contributed by atoms with Crippen molar-refractivity contribution in [2.24, 2.45) is 5.92 Å². The highest BCUT2D eigenvalue weighted by Gasteiger charge is 2.40. The van der Waals surface area contributed by atoms with Crippen molar-refractivity contribution in [3.05, 3.63) is 0 Å². The summed E-state index contributed by atoms with van der Waals surface area (Å²) in [4.78, 5) is 0. The lowest BCUT2D eigenvalue weighted by atomic mass is 9.85. The maximum Gasteiger partial charge on any atom is 0.169 e. The van der Waals surface area contributed by atoms with E-state index in [1.165, 1.54) is 12.8 Å². The van der Waals surface area contributed by atoms with E-state index in [1.54, 1.807) is 0 Å². The van der Waals surface area contributed by atoms with Crippen molar-refractivity contribution in [2.45, 2.75) is 84.5 Å². The van der Waals surface area contributed by atoms with Gasteiger partial charge in [-0.3, -0.25) is 0 Å². The third-order valence-electron chi connectivity index (χ3n) is 3.76. The van der Waals surface area contributed by atoms with Crippen LogP contribution < -0.4 is 0 Å². The van der Waals surface area contributed by atoms with E-state index in [2.05, 4.69) is 34.6 Å². The van der Waals surface area contributed by atoms with Gasteiger partial charge >= 0.3 is 0 Å². The predicted octanol–water partition coefficient (Wildman–Crippen LogP) is 4.52. The minimum atomic E-state index is -0.306. The SMILES string of the molecule is CCCC(C)(C)OC1(OCC)CCC(C)CC1. The summed E-state index contributed by atoms with van der Waals surface area (Å²) in [6.07, 6.45) is 6.80. The highest BCUT2D eigenvalue weighted by molar-refractivity contribution is 4.82. The van der Waals surface area contributed by atoms with E-state index in [4.69, 9.17) is 9.47 Å². The molecule has 2 heteroatoms. The maximum absolute atomic E-state index is 6.37. The normalized spacial score (nSPS) is 30.5. The Morgan fingerprint density at radius 3 is 2.24 bits per heavy atom. The van der Waals surface area contributed by atoms with E-state index in [1.807, 2.05) is 0 Å². The maximum atomic E-state index is 6.37. The summed E-state index contributed by atoms with van der Waals surface area (Å²) >= 11 is 0. The molecule has 0 N–H and O–H groups in total. The Morgan fingerprint density at radius 2 is 1.76 bits per heavy atom. The predicted molar refractivity (Wildman–Crippen MR) is 72.1 cm³/mol. The molecule has 0 saturated heterocycles. The Labute approximate surface area is 107 Å². The molecular weight excluding hydrogens is 212 g/mol. The molecule has 0 atom stereocenters. The quantitative estimate of drug-likeness (QED) is 0.637. The molecule has 0 unspecified atom stereocenters. The van der Waals surface area contributed by atoms with Crippen LogP contribution in [0.3, 0.4) is 0 Å². The van der Waals surface area contributed by atoms with Crippen LogP contribution in [0.4, 0.5) is 0 Å². The second-order valence-electron chi connectivity index (χ2n) is 6.14. The average molecular weight is 242 g/mol. The number of rotatable bonds is 6. The lowest BCUT2D eigenvalue weighted by molar-refractivity contribution is -0.297. The Morgan fingerprint density at radius 1 is 1.18 bits per heavy atom. The van der Waals surface area contributed by atoms with Crippen LogP contribution in [0.2, 0.25) is 0 Å². The molecule has 0 aliphatic heterocycles. The van der Waals surface area contributed by atoms with E-state index in [-0.39, 0.29) is 11.4 Å². The summed E-state index contributed by atoms with van der Waals surface area (Å²) in [6.45, 7) is 11.7. The molecular formula is C15H30O2. The lowest BCUT2D eigenvalue weighted by Gasteiger charge is -2.44. The molecule has 1 aliphatic rings. The van der Waals surface area contributed by atoms with Crippen LogP contribution in [0.5, 0.6) is 0 Å². The Bertz CT molecular complexity index is 215. The molecule has 0 aromatic rings. The van der Waals surface area contributed by atoms with Gasteiger partial charge in [0.2, 0.25) is 0 Å². The van der Waals surface area contributed by atoms with Gasteiger partial charge in [0.05, 0.1) is 5.60 Å². The monoisotopic (exact) mass is 242 g/mol. The van der Waals surface area contributed by atoms with Crippen molar-refractivity contribution < 1.29 is 9.47 Å². The van der Waals surface area contributed by atoms with Crippen molar-refractivity contribution in [3.8, 4) is 0 Å². The molecule has 1 fully saturated rings. The van der Waals surface area contributed by atoms with Gasteiger partial charge in [0.25, 0.3) is 0 Å². The standard InChI is InChI=1S/C15H30O2/c1-6-10-14(4,5)17-15(16-7-2)11-8-13(3)9-12-15/h13H,6-12H2,1-5H3. The van der Waals surface area contributed by atoms with Crippen LogP contribution in [0.1, 0.15) is 73.1 Å². The molecule has 1 aliphatic carbocycles. The van der Waals surface area contributed by atoms with Gasteiger partial charge < -0.3 is 9.47 Å². The Balaban J connectivity index is 2.65. The summed E-state index contributed by atoms with van der Waals surface area (Å²) in [5.41, 5.74) is -0.0650. The molecule has 0 heterocycles. The third-order valence-corrected chi connectivity index (χ3v) is 3.76. The fraction of sp³-hybridized carbons (Fsp3) is 1.00. The zero-order chi connectivity index (χ0) is 12.9. The van der Waals surface area contributed by atoms with Gasteiger partial charge in [0.1, 0.15) is 0 Å². The second-order valence-corrected chi connectivity index (χ2v) is 6.14. The van der Waals surface area contributed by atoms with Gasteiger partial charge in [-0.05, 0) is 46.0 Å². The van der Waals surface area contributed by atoms with E-state index >= 15 is 0 Å². The van der Waals surface area contributed by atoms with E-state index in [0.29, 0.717) is 0 Å². The van der Waals surface area contributed by atoms with Crippen molar-refractivity contribution in [2.75, 3.05) is 6.61 Å². The average Bonchev–Trinajstić information content (AvgIpc) is 2.22. The molecule has 0 radical (unpaired) electrons. The molecule has 17 heavy (non-hydrogen) atoms. The van der Waals surface area contributed by atoms with E-state index in [0.717, 1.165) is 38.2 Å². The van der Waals surface area contributed by atoms with Crippen molar-refractivity contribution in [1.29, 1.82) is 0 Å². The zero-order valence-electron chi connectivity index (χ0n) is 12.3. The molecule has 1 saturated carbocycles. The van der Waals surface area contributed by atoms with Crippen molar-refractivity contribution in [1.82, 2.24) is 0 Å². The minimum Gasteiger partial charge on any atom is -0.350 e. The van der Waals surface area contributed by atoms with Crippen LogP contribution in [0.15, 0.2) is 0 Å². The molecule has 0 aromatic carbocycles. The summed E-state index contributed by atoms with van der Waals surface area (Å²) in [7, 11) is 0. The number of ether oxygens (including phenoxy) is 2. The van der Waals surface area contributed by atoms with Gasteiger partial charge in [-0.15, -0.1) is 0 Å². The van der Waals surface area contributed by atoms with Crippen LogP contribution in [0.25, 0.3) is 0 Å². The molecule has 0 bridgehead atoms. The van der Waals surface area contributed by atoms with Crippen molar-refractivity contribution >= 4 is 0 Å². The van der Waals surface area contributed by atoms with E-state index in [9.17, 15) is 0 Å². The molecule has 2 nitrogen and oxygen atoms in total. The molecule has 0 spiro atoms. The molecule has 102 valence electrons. The molecule has 0 amide bonds. The first-order chi connectivity index (χ1) is 7.93. The Kier molecular flexibility index (Phi) is 5.46. The highest BCUT2D eigenvalue weighted by Crippen LogP contribution is 2.39. The highest BCUT2D eigenvalue weighted by atomic mass is 16.7. The summed E-state index contributed by atoms with van der Waals surface area (Å²) in [5.74, 6) is 0.515. The van der Waals surface area contributed by atoms with E-state index < -0.39 is 0 Å². The minimum absolute atomic E-state index is 0.0650. The van der Waals surface area contributed by atoms with Gasteiger partial charge in [-0.25, -0.2) is 0 Å². The topological polar surface area (TPSA) is 18.5 Å². The van der Waals surface area contributed by atoms with Crippen LogP contribution in [-0.4, -0.2) is 18.0 Å². The van der Waals surface area contributed by atoms with Gasteiger partial charge in [0, 0.05) is 19.4 Å². The number of hydrogen-bond donors (Lipinski definition) is 0. The summed E-state index contributed by atoms with van der Waals surface area (Å²) < 4.78 is 12.4. The molecule has 1 rings (SSSR count). The van der Waals surface area contributed by atoms with Crippen LogP contribution in [-0.2, 0) is 9.47 Å². The van der Waals surface area contributed by atoms with Crippen molar-refractivity contribution in [3.63, 3.8) is 0 Å². The van der Waals surface area contributed by atoms with Gasteiger partial charge in [0.15, 0.2) is 5.79 Å². The smallest absolute Gasteiger partial charge is 0.169 e.